The maximum Gasteiger partial charge on any atom is 0.573 e. The van der Waals surface area contributed by atoms with E-state index in [1.165, 1.54) is 16.4 Å². The Labute approximate surface area is 224 Å². The van der Waals surface area contributed by atoms with Crippen LogP contribution in [-0.2, 0) is 14.8 Å². The Kier molecular flexibility index (Phi) is 9.39. The third kappa shape index (κ3) is 6.45. The molecular formula is C24H29ClF3N3O6S. The van der Waals surface area contributed by atoms with E-state index in [1.807, 2.05) is 35.2 Å². The van der Waals surface area contributed by atoms with Gasteiger partial charge in [0.1, 0.15) is 17.6 Å². The number of sulfonamides is 1. The van der Waals surface area contributed by atoms with Gasteiger partial charge in [0.15, 0.2) is 4.75 Å². The van der Waals surface area contributed by atoms with Crippen LogP contribution in [0.1, 0.15) is 25.7 Å². The second kappa shape index (κ2) is 12.0. The molecule has 0 atom stereocenters. The second-order valence-electron chi connectivity index (χ2n) is 9.00. The van der Waals surface area contributed by atoms with E-state index < -0.39 is 27.0 Å². The summed E-state index contributed by atoms with van der Waals surface area (Å²) in [6, 6.07) is 14.5. The first kappa shape index (κ1) is 29.8. The molecule has 2 N–H and O–H groups in total. The van der Waals surface area contributed by atoms with Gasteiger partial charge in [0.25, 0.3) is 5.91 Å². The van der Waals surface area contributed by atoms with Crippen molar-refractivity contribution in [2.24, 2.45) is 0 Å². The lowest BCUT2D eigenvalue weighted by Crippen LogP contribution is -2.62. The number of piperidine rings is 2. The Hall–Kier alpha value is -2.74. The lowest BCUT2D eigenvalue weighted by Gasteiger charge is -2.43. The Morgan fingerprint density at radius 2 is 1.50 bits per heavy atom. The highest BCUT2D eigenvalue weighted by Gasteiger charge is 2.55. The zero-order chi connectivity index (χ0) is 26.7. The summed E-state index contributed by atoms with van der Waals surface area (Å²) in [5.74, 6) is -0.980. The number of rotatable bonds is 7. The van der Waals surface area contributed by atoms with E-state index in [-0.39, 0.29) is 50.2 Å². The monoisotopic (exact) mass is 579 g/mol. The lowest BCUT2D eigenvalue weighted by atomic mass is 9.94. The number of hydroxylamine groups is 1. The number of nitrogens with one attached hydrogen (secondary N) is 1. The first-order valence-corrected chi connectivity index (χ1v) is 13.2. The van der Waals surface area contributed by atoms with Crippen LogP contribution in [0.25, 0.3) is 0 Å². The van der Waals surface area contributed by atoms with Crippen molar-refractivity contribution in [1.29, 1.82) is 0 Å². The van der Waals surface area contributed by atoms with Crippen LogP contribution < -0.4 is 19.9 Å². The molecule has 2 aliphatic rings. The SMILES string of the molecule is Cl.O=C(NO)C1(S(=O)(=O)N2CCC(Oc3ccc(OC(F)(F)F)cc3)CC2)CCN(c2ccccc2)CC1. The number of para-hydroxylation sites is 1. The molecular weight excluding hydrogens is 551 g/mol. The number of nitrogens with zero attached hydrogens (tertiary/aromatic N) is 2. The average Bonchev–Trinajstić information content (AvgIpc) is 2.89. The van der Waals surface area contributed by atoms with Gasteiger partial charge in [0.2, 0.25) is 10.0 Å². The predicted octanol–water partition coefficient (Wildman–Crippen LogP) is 3.72. The molecule has 14 heteroatoms. The number of benzene rings is 2. The number of amides is 1. The van der Waals surface area contributed by atoms with Crippen molar-refractivity contribution in [3.63, 3.8) is 0 Å². The summed E-state index contributed by atoms with van der Waals surface area (Å²) in [6.45, 7) is 0.852. The largest absolute Gasteiger partial charge is 0.573 e. The quantitative estimate of drug-likeness (QED) is 0.380. The Bertz CT molecular complexity index is 1170. The molecule has 0 aromatic heterocycles. The highest BCUT2D eigenvalue weighted by molar-refractivity contribution is 7.91. The zero-order valence-electron chi connectivity index (χ0n) is 20.3. The summed E-state index contributed by atoms with van der Waals surface area (Å²) < 4.78 is 73.5. The van der Waals surface area contributed by atoms with Crippen molar-refractivity contribution >= 4 is 34.0 Å². The van der Waals surface area contributed by atoms with Crippen molar-refractivity contribution in [3.8, 4) is 11.5 Å². The van der Waals surface area contributed by atoms with Gasteiger partial charge in [-0.05, 0) is 62.1 Å². The molecule has 0 saturated carbocycles. The first-order chi connectivity index (χ1) is 17.5. The number of alkyl halides is 3. The fraction of sp³-hybridized carbons (Fsp3) is 0.458. The van der Waals surface area contributed by atoms with Crippen molar-refractivity contribution in [3.05, 3.63) is 54.6 Å². The predicted molar refractivity (Wildman–Crippen MR) is 135 cm³/mol. The van der Waals surface area contributed by atoms with E-state index in [1.54, 1.807) is 5.48 Å². The molecule has 0 spiro atoms. The van der Waals surface area contributed by atoms with Crippen LogP contribution in [0.4, 0.5) is 18.9 Å². The van der Waals surface area contributed by atoms with Crippen LogP contribution in [-0.4, -0.2) is 67.2 Å². The summed E-state index contributed by atoms with van der Waals surface area (Å²) in [5.41, 5.74) is 2.49. The molecule has 210 valence electrons. The summed E-state index contributed by atoms with van der Waals surface area (Å²) >= 11 is 0. The van der Waals surface area contributed by atoms with Crippen molar-refractivity contribution in [2.75, 3.05) is 31.1 Å². The van der Waals surface area contributed by atoms with Crippen LogP contribution in [0.15, 0.2) is 54.6 Å². The number of halogens is 4. The summed E-state index contributed by atoms with van der Waals surface area (Å²) in [5, 5.41) is 9.40. The maximum atomic E-state index is 13.7. The molecule has 4 rings (SSSR count). The van der Waals surface area contributed by atoms with E-state index >= 15 is 0 Å². The number of hydrogen-bond donors (Lipinski definition) is 2. The van der Waals surface area contributed by atoms with Gasteiger partial charge in [-0.15, -0.1) is 25.6 Å². The van der Waals surface area contributed by atoms with Crippen LogP contribution in [0.5, 0.6) is 11.5 Å². The van der Waals surface area contributed by atoms with Gasteiger partial charge < -0.3 is 14.4 Å². The second-order valence-corrected chi connectivity index (χ2v) is 11.2. The van der Waals surface area contributed by atoms with Crippen molar-refractivity contribution in [1.82, 2.24) is 9.79 Å². The lowest BCUT2D eigenvalue weighted by molar-refractivity contribution is -0.274. The molecule has 2 aromatic carbocycles. The van der Waals surface area contributed by atoms with Gasteiger partial charge in [-0.3, -0.25) is 10.0 Å². The van der Waals surface area contributed by atoms with Gasteiger partial charge in [0.05, 0.1) is 0 Å². The molecule has 2 fully saturated rings. The number of carbonyl (C=O) groups is 1. The molecule has 0 radical (unpaired) electrons. The van der Waals surface area contributed by atoms with E-state index in [9.17, 15) is 31.6 Å². The van der Waals surface area contributed by atoms with Crippen LogP contribution >= 0.6 is 12.4 Å². The minimum atomic E-state index is -4.79. The van der Waals surface area contributed by atoms with Crippen molar-refractivity contribution in [2.45, 2.75) is 42.9 Å². The zero-order valence-corrected chi connectivity index (χ0v) is 21.9. The highest BCUT2D eigenvalue weighted by atomic mass is 35.5. The number of hydrogen-bond acceptors (Lipinski definition) is 7. The average molecular weight is 580 g/mol. The van der Waals surface area contributed by atoms with Gasteiger partial charge in [-0.2, -0.15) is 0 Å². The van der Waals surface area contributed by atoms with E-state index in [0.29, 0.717) is 31.7 Å². The number of ether oxygens (including phenoxy) is 2. The standard InChI is InChI=1S/C24H28F3N3O6S.ClH/c25-24(26,27)36-21-8-6-19(7-9-21)35-20-10-14-30(15-11-20)37(33,34)23(22(31)28-32)12-16-29(17-13-23)18-4-2-1-3-5-18;/h1-9,20,32H,10-17H2,(H,28,31);1H. The van der Waals surface area contributed by atoms with Gasteiger partial charge in [-0.1, -0.05) is 18.2 Å². The normalized spacial score (nSPS) is 18.8. The Morgan fingerprint density at radius 3 is 2.03 bits per heavy atom. The molecule has 0 aliphatic carbocycles. The molecule has 0 bridgehead atoms. The molecule has 0 unspecified atom stereocenters. The van der Waals surface area contributed by atoms with E-state index in [4.69, 9.17) is 4.74 Å². The minimum Gasteiger partial charge on any atom is -0.490 e. The van der Waals surface area contributed by atoms with Crippen LogP contribution in [0.3, 0.4) is 0 Å². The van der Waals surface area contributed by atoms with Crippen molar-refractivity contribution < 1.29 is 41.1 Å². The maximum absolute atomic E-state index is 13.7. The third-order valence-electron chi connectivity index (χ3n) is 6.80. The van der Waals surface area contributed by atoms with Gasteiger partial charge in [0, 0.05) is 31.9 Å². The fourth-order valence-electron chi connectivity index (χ4n) is 4.82. The molecule has 2 saturated heterocycles. The van der Waals surface area contributed by atoms with E-state index in [0.717, 1.165) is 17.8 Å². The molecule has 9 nitrogen and oxygen atoms in total. The fourth-order valence-corrected chi connectivity index (χ4v) is 6.98. The molecule has 38 heavy (non-hydrogen) atoms. The summed E-state index contributed by atoms with van der Waals surface area (Å²) in [4.78, 5) is 14.8. The number of anilines is 1. The highest BCUT2D eigenvalue weighted by Crippen LogP contribution is 2.37. The Morgan fingerprint density at radius 1 is 0.947 bits per heavy atom. The molecule has 2 aliphatic heterocycles. The van der Waals surface area contributed by atoms with Gasteiger partial charge >= 0.3 is 6.36 Å². The molecule has 2 heterocycles. The third-order valence-corrected chi connectivity index (χ3v) is 9.43. The molecule has 2 aromatic rings. The van der Waals surface area contributed by atoms with E-state index in [2.05, 4.69) is 4.74 Å². The number of carbonyl (C=O) groups excluding carboxylic acids is 1. The van der Waals surface area contributed by atoms with Crippen LogP contribution in [0, 0.1) is 0 Å². The summed E-state index contributed by atoms with van der Waals surface area (Å²) in [7, 11) is -4.13. The first-order valence-electron chi connectivity index (χ1n) is 11.8. The van der Waals surface area contributed by atoms with Crippen LogP contribution in [0.2, 0.25) is 0 Å². The van der Waals surface area contributed by atoms with Gasteiger partial charge in [-0.25, -0.2) is 18.2 Å². The topological polar surface area (TPSA) is 108 Å². The summed E-state index contributed by atoms with van der Waals surface area (Å²) in [6.07, 6.45) is -4.47. The minimum absolute atomic E-state index is 0. The molecule has 1 amide bonds. The Balaban J connectivity index is 0.00000400. The smallest absolute Gasteiger partial charge is 0.490 e.